The molecule has 0 amide bonds. The first-order valence-electron chi connectivity index (χ1n) is 7.58. The monoisotopic (exact) mass is 423 g/mol. The van der Waals surface area contributed by atoms with Gasteiger partial charge in [-0.15, -0.1) is 0 Å². The molecular formula is C11H15N5O9P2. The highest BCUT2D eigenvalue weighted by Gasteiger charge is 2.50. The fraction of sp³-hybridized carbons (Fsp3) is 0.545. The Labute approximate surface area is 151 Å². The van der Waals surface area contributed by atoms with Crippen molar-refractivity contribution in [2.75, 3.05) is 5.73 Å². The summed E-state index contributed by atoms with van der Waals surface area (Å²) in [6.07, 6.45) is -6.56. The fourth-order valence-electron chi connectivity index (χ4n) is 2.88. The van der Waals surface area contributed by atoms with Crippen LogP contribution in [0.3, 0.4) is 0 Å². The number of fused-ring (bicyclic) bond motifs is 1. The first kappa shape index (κ1) is 18.9. The van der Waals surface area contributed by atoms with E-state index in [4.69, 9.17) is 19.5 Å². The Morgan fingerprint density at radius 1 is 1.15 bits per heavy atom. The second-order valence-electron chi connectivity index (χ2n) is 5.75. The van der Waals surface area contributed by atoms with Gasteiger partial charge in [0.15, 0.2) is 17.7 Å². The Kier molecular flexibility index (Phi) is 5.01. The third-order valence-corrected chi connectivity index (χ3v) is 6.33. The van der Waals surface area contributed by atoms with Gasteiger partial charge in [-0.3, -0.25) is 22.7 Å². The van der Waals surface area contributed by atoms with Crippen LogP contribution < -0.4 is 5.73 Å². The molecule has 4 heterocycles. The van der Waals surface area contributed by atoms with Crippen molar-refractivity contribution in [1.29, 1.82) is 0 Å². The summed E-state index contributed by atoms with van der Waals surface area (Å²) < 4.78 is 43.5. The highest BCUT2D eigenvalue weighted by Crippen LogP contribution is 2.49. The first-order valence-corrected chi connectivity index (χ1v) is 10.0. The second kappa shape index (κ2) is 7.17. The molecule has 4 rings (SSSR count). The number of nitrogens with zero attached hydrogens (tertiary/aromatic N) is 4. The number of nitrogen functional groups attached to an aromatic ring is 1. The van der Waals surface area contributed by atoms with Gasteiger partial charge in [0.25, 0.3) is 0 Å². The Bertz CT molecular complexity index is 895. The number of rotatable bonds is 3. The van der Waals surface area contributed by atoms with Crippen LogP contribution in [0.15, 0.2) is 12.7 Å². The van der Waals surface area contributed by atoms with Gasteiger partial charge in [-0.25, -0.2) is 19.3 Å². The van der Waals surface area contributed by atoms with Gasteiger partial charge in [0.2, 0.25) is 6.29 Å². The van der Waals surface area contributed by atoms with Crippen molar-refractivity contribution >= 4 is 33.5 Å². The SMILES string of the molecule is Nc1ncnc2c1ncn2[C@@H]1O[C@H](C(O)C2O[PH](=O)O[PH](=O)O2)[C@@H](O)[C@H]1O. The molecule has 0 aliphatic carbocycles. The Morgan fingerprint density at radius 3 is 2.56 bits per heavy atom. The number of hydrogen-bond acceptors (Lipinski definition) is 13. The molecule has 27 heavy (non-hydrogen) atoms. The lowest BCUT2D eigenvalue weighted by Gasteiger charge is -2.30. The van der Waals surface area contributed by atoms with E-state index in [2.05, 4.69) is 19.3 Å². The Hall–Kier alpha value is -1.47. The number of ether oxygens (including phenoxy) is 1. The van der Waals surface area contributed by atoms with E-state index in [1.165, 1.54) is 17.2 Å². The predicted molar refractivity (Wildman–Crippen MR) is 86.7 cm³/mol. The maximum absolute atomic E-state index is 11.4. The fourth-order valence-corrected chi connectivity index (χ4v) is 4.66. The van der Waals surface area contributed by atoms with E-state index in [9.17, 15) is 24.4 Å². The summed E-state index contributed by atoms with van der Waals surface area (Å²) in [5, 5.41) is 31.0. The minimum absolute atomic E-state index is 0.114. The van der Waals surface area contributed by atoms with E-state index in [-0.39, 0.29) is 17.0 Å². The van der Waals surface area contributed by atoms with Gasteiger partial charge in [0, 0.05) is 0 Å². The van der Waals surface area contributed by atoms with Crippen LogP contribution in [0, 0.1) is 0 Å². The minimum Gasteiger partial charge on any atom is -0.387 e. The highest BCUT2D eigenvalue weighted by atomic mass is 31.2. The number of aliphatic hydroxyl groups excluding tert-OH is 3. The van der Waals surface area contributed by atoms with Crippen molar-refractivity contribution in [2.24, 2.45) is 0 Å². The molecule has 2 aliphatic heterocycles. The number of aromatic nitrogens is 4. The molecule has 2 saturated heterocycles. The summed E-state index contributed by atoms with van der Waals surface area (Å²) in [6.45, 7) is 0. The topological polar surface area (TPSA) is 201 Å². The van der Waals surface area contributed by atoms with Crippen LogP contribution in [-0.4, -0.2) is 65.5 Å². The zero-order valence-electron chi connectivity index (χ0n) is 13.3. The van der Waals surface area contributed by atoms with Gasteiger partial charge >= 0.3 is 16.5 Å². The van der Waals surface area contributed by atoms with Crippen LogP contribution in [0.4, 0.5) is 5.82 Å². The van der Waals surface area contributed by atoms with Crippen LogP contribution >= 0.6 is 16.5 Å². The average molecular weight is 423 g/mol. The summed E-state index contributed by atoms with van der Waals surface area (Å²) in [5.74, 6) is 0.114. The summed E-state index contributed by atoms with van der Waals surface area (Å²) in [7, 11) is -6.26. The van der Waals surface area contributed by atoms with E-state index in [0.29, 0.717) is 0 Å². The number of aliphatic hydroxyl groups is 3. The normalized spacial score (nSPS) is 38.3. The molecule has 2 aromatic heterocycles. The van der Waals surface area contributed by atoms with Crippen molar-refractivity contribution in [3.63, 3.8) is 0 Å². The molecule has 0 spiro atoms. The van der Waals surface area contributed by atoms with E-state index < -0.39 is 53.4 Å². The molecule has 2 fully saturated rings. The molecule has 7 atom stereocenters. The van der Waals surface area contributed by atoms with Crippen LogP contribution in [0.1, 0.15) is 6.23 Å². The van der Waals surface area contributed by atoms with Crippen molar-refractivity contribution in [3.8, 4) is 0 Å². The summed E-state index contributed by atoms with van der Waals surface area (Å²) in [6, 6.07) is 0. The second-order valence-corrected chi connectivity index (χ2v) is 8.04. The molecule has 14 nitrogen and oxygen atoms in total. The van der Waals surface area contributed by atoms with Crippen LogP contribution in [0.5, 0.6) is 0 Å². The number of hydrogen-bond donors (Lipinski definition) is 4. The standard InChI is InChI=1S/C11H15N5O9P2/c12-8-3-9(14-1-13-8)16(2-15-3)10-5(18)4(17)7(22-10)6(19)11-23-26(20)25-27(21)24-11/h1-2,4-7,10-11,17-19,26-27H,(H2,12,13,14)/t4-,5+,6?,7-,10+/m0/s1. The Balaban J connectivity index is 1.59. The molecule has 2 aliphatic rings. The molecular weight excluding hydrogens is 408 g/mol. The zero-order chi connectivity index (χ0) is 19.3. The van der Waals surface area contributed by atoms with E-state index in [1.807, 2.05) is 0 Å². The lowest BCUT2D eigenvalue weighted by Crippen LogP contribution is -2.46. The molecule has 0 radical (unpaired) electrons. The third-order valence-electron chi connectivity index (χ3n) is 4.14. The van der Waals surface area contributed by atoms with Crippen molar-refractivity contribution in [2.45, 2.75) is 36.9 Å². The minimum atomic E-state index is -3.13. The van der Waals surface area contributed by atoms with Gasteiger partial charge in [-0.05, 0) is 0 Å². The van der Waals surface area contributed by atoms with Gasteiger partial charge < -0.3 is 25.8 Å². The Morgan fingerprint density at radius 2 is 1.85 bits per heavy atom. The van der Waals surface area contributed by atoms with Gasteiger partial charge in [0.05, 0.1) is 6.33 Å². The third kappa shape index (κ3) is 3.29. The molecule has 16 heteroatoms. The molecule has 0 aromatic carbocycles. The molecule has 5 N–H and O–H groups in total. The van der Waals surface area contributed by atoms with Crippen molar-refractivity contribution < 1.29 is 42.5 Å². The van der Waals surface area contributed by atoms with Crippen molar-refractivity contribution in [3.05, 3.63) is 12.7 Å². The van der Waals surface area contributed by atoms with Crippen LogP contribution in [-0.2, 0) is 27.2 Å². The zero-order valence-corrected chi connectivity index (χ0v) is 15.3. The molecule has 2 aromatic rings. The maximum atomic E-state index is 11.4. The van der Waals surface area contributed by atoms with E-state index in [0.717, 1.165) is 0 Å². The van der Waals surface area contributed by atoms with E-state index in [1.54, 1.807) is 0 Å². The largest absolute Gasteiger partial charge is 0.387 e. The lowest BCUT2D eigenvalue weighted by atomic mass is 10.1. The van der Waals surface area contributed by atoms with Gasteiger partial charge in [0.1, 0.15) is 36.3 Å². The van der Waals surface area contributed by atoms with Crippen LogP contribution in [0.25, 0.3) is 11.2 Å². The quantitative estimate of drug-likeness (QED) is 0.418. The maximum Gasteiger partial charge on any atom is 0.328 e. The predicted octanol–water partition coefficient (Wildman–Crippen LogP) is -1.44. The summed E-state index contributed by atoms with van der Waals surface area (Å²) >= 11 is 0. The molecule has 148 valence electrons. The van der Waals surface area contributed by atoms with E-state index >= 15 is 0 Å². The number of imidazole rings is 1. The molecule has 0 saturated carbocycles. The molecule has 0 bridgehead atoms. The molecule has 3 unspecified atom stereocenters. The lowest BCUT2D eigenvalue weighted by molar-refractivity contribution is -0.167. The van der Waals surface area contributed by atoms with Gasteiger partial charge in [-0.2, -0.15) is 0 Å². The average Bonchev–Trinajstić information content (AvgIpc) is 3.17. The highest BCUT2D eigenvalue weighted by molar-refractivity contribution is 7.48. The smallest absolute Gasteiger partial charge is 0.328 e. The van der Waals surface area contributed by atoms with Gasteiger partial charge in [-0.1, -0.05) is 0 Å². The van der Waals surface area contributed by atoms with Crippen molar-refractivity contribution in [1.82, 2.24) is 19.5 Å². The number of nitrogens with two attached hydrogens (primary N) is 1. The van der Waals surface area contributed by atoms with Crippen LogP contribution in [0.2, 0.25) is 0 Å². The number of anilines is 1. The summed E-state index contributed by atoms with van der Waals surface area (Å²) in [5.41, 5.74) is 6.21. The summed E-state index contributed by atoms with van der Waals surface area (Å²) in [4.78, 5) is 11.9. The first-order chi connectivity index (χ1) is 12.9.